The lowest BCUT2D eigenvalue weighted by Gasteiger charge is -2.11. The minimum Gasteiger partial charge on any atom is -0.386 e. The second kappa shape index (κ2) is 6.12. The third-order valence-corrected chi connectivity index (χ3v) is 3.57. The van der Waals surface area contributed by atoms with E-state index in [1.807, 2.05) is 48.7 Å². The van der Waals surface area contributed by atoms with Gasteiger partial charge in [-0.15, -0.1) is 0 Å². The molecule has 3 aromatic rings. The van der Waals surface area contributed by atoms with Crippen molar-refractivity contribution in [2.45, 2.75) is 12.6 Å². The van der Waals surface area contributed by atoms with Gasteiger partial charge in [-0.2, -0.15) is 5.10 Å². The summed E-state index contributed by atoms with van der Waals surface area (Å²) >= 11 is 5.94. The van der Waals surface area contributed by atoms with Crippen LogP contribution in [0.2, 0.25) is 5.02 Å². The molecule has 0 amide bonds. The van der Waals surface area contributed by atoms with Gasteiger partial charge in [0, 0.05) is 16.8 Å². The fraction of sp³-hybridized carbons (Fsp3) is 0.118. The van der Waals surface area contributed by atoms with Crippen molar-refractivity contribution in [3.8, 4) is 11.1 Å². The minimum atomic E-state index is -0.632. The van der Waals surface area contributed by atoms with Gasteiger partial charge in [0.05, 0.1) is 18.8 Å². The zero-order valence-corrected chi connectivity index (χ0v) is 12.1. The van der Waals surface area contributed by atoms with Crippen molar-refractivity contribution >= 4 is 11.6 Å². The van der Waals surface area contributed by atoms with Crippen molar-refractivity contribution in [2.75, 3.05) is 0 Å². The Morgan fingerprint density at radius 1 is 1.05 bits per heavy atom. The van der Waals surface area contributed by atoms with Gasteiger partial charge in [0.1, 0.15) is 0 Å². The first-order valence-corrected chi connectivity index (χ1v) is 7.11. The summed E-state index contributed by atoms with van der Waals surface area (Å²) in [4.78, 5) is 0. The highest BCUT2D eigenvalue weighted by atomic mass is 35.5. The van der Waals surface area contributed by atoms with Crippen LogP contribution in [0.15, 0.2) is 67.0 Å². The molecule has 0 unspecified atom stereocenters. The predicted octanol–water partition coefficient (Wildman–Crippen LogP) is 3.94. The van der Waals surface area contributed by atoms with E-state index in [9.17, 15) is 5.11 Å². The standard InChI is InChI=1S/C17H15ClN2O/c18-16-8-4-7-14(9-16)17(21)12-20-11-15(10-19-20)13-5-2-1-3-6-13/h1-11,17,21H,12H2/t17-/m0/s1. The summed E-state index contributed by atoms with van der Waals surface area (Å²) in [6.07, 6.45) is 3.11. The molecule has 3 rings (SSSR count). The van der Waals surface area contributed by atoms with E-state index in [1.54, 1.807) is 23.0 Å². The number of benzene rings is 2. The number of halogens is 1. The van der Waals surface area contributed by atoms with Crippen LogP contribution in [0.5, 0.6) is 0 Å². The van der Waals surface area contributed by atoms with E-state index in [0.29, 0.717) is 11.6 Å². The molecule has 0 saturated heterocycles. The topological polar surface area (TPSA) is 38.0 Å². The third kappa shape index (κ3) is 3.32. The zero-order chi connectivity index (χ0) is 14.7. The van der Waals surface area contributed by atoms with Crippen LogP contribution in [-0.2, 0) is 6.54 Å². The lowest BCUT2D eigenvalue weighted by atomic mass is 10.1. The highest BCUT2D eigenvalue weighted by molar-refractivity contribution is 6.30. The molecule has 0 saturated carbocycles. The lowest BCUT2D eigenvalue weighted by molar-refractivity contribution is 0.151. The van der Waals surface area contributed by atoms with E-state index < -0.39 is 6.10 Å². The molecule has 2 aromatic carbocycles. The van der Waals surface area contributed by atoms with Crippen LogP contribution in [0.4, 0.5) is 0 Å². The molecule has 1 N–H and O–H groups in total. The van der Waals surface area contributed by atoms with Crippen LogP contribution in [0, 0.1) is 0 Å². The first-order valence-electron chi connectivity index (χ1n) is 6.74. The second-order valence-electron chi connectivity index (χ2n) is 4.89. The number of hydrogen-bond acceptors (Lipinski definition) is 2. The molecule has 0 bridgehead atoms. The highest BCUT2D eigenvalue weighted by Gasteiger charge is 2.10. The summed E-state index contributed by atoms with van der Waals surface area (Å²) in [5, 5.41) is 15.2. The smallest absolute Gasteiger partial charge is 0.0986 e. The quantitative estimate of drug-likeness (QED) is 0.792. The van der Waals surface area contributed by atoms with Crippen molar-refractivity contribution in [1.29, 1.82) is 0 Å². The van der Waals surface area contributed by atoms with Gasteiger partial charge in [-0.25, -0.2) is 0 Å². The number of rotatable bonds is 4. The molecule has 0 spiro atoms. The normalized spacial score (nSPS) is 12.3. The monoisotopic (exact) mass is 298 g/mol. The van der Waals surface area contributed by atoms with Gasteiger partial charge < -0.3 is 5.11 Å². The molecule has 4 heteroatoms. The van der Waals surface area contributed by atoms with E-state index in [1.165, 1.54) is 0 Å². The van der Waals surface area contributed by atoms with Gasteiger partial charge in [0.2, 0.25) is 0 Å². The summed E-state index contributed by atoms with van der Waals surface area (Å²) < 4.78 is 1.74. The van der Waals surface area contributed by atoms with Gasteiger partial charge >= 0.3 is 0 Å². The van der Waals surface area contributed by atoms with Crippen LogP contribution in [0.25, 0.3) is 11.1 Å². The fourth-order valence-corrected chi connectivity index (χ4v) is 2.44. The van der Waals surface area contributed by atoms with Gasteiger partial charge in [-0.1, -0.05) is 54.1 Å². The molecule has 0 radical (unpaired) electrons. The van der Waals surface area contributed by atoms with Crippen molar-refractivity contribution in [1.82, 2.24) is 9.78 Å². The SMILES string of the molecule is O[C@@H](Cn1cc(-c2ccccc2)cn1)c1cccc(Cl)c1. The number of nitrogens with zero attached hydrogens (tertiary/aromatic N) is 2. The Morgan fingerprint density at radius 3 is 2.62 bits per heavy atom. The average Bonchev–Trinajstić information content (AvgIpc) is 2.97. The summed E-state index contributed by atoms with van der Waals surface area (Å²) in [5.74, 6) is 0. The maximum absolute atomic E-state index is 10.3. The van der Waals surface area contributed by atoms with Crippen LogP contribution in [0.3, 0.4) is 0 Å². The second-order valence-corrected chi connectivity index (χ2v) is 5.32. The Bertz CT molecular complexity index is 724. The predicted molar refractivity (Wildman–Crippen MR) is 84.1 cm³/mol. The number of aliphatic hydroxyl groups excluding tert-OH is 1. The van der Waals surface area contributed by atoms with Gasteiger partial charge in [-0.05, 0) is 23.3 Å². The van der Waals surface area contributed by atoms with Gasteiger partial charge in [0.15, 0.2) is 0 Å². The molecular formula is C17H15ClN2O. The molecule has 0 aliphatic carbocycles. The Hall–Kier alpha value is -2.10. The van der Waals surface area contributed by atoms with Crippen molar-refractivity contribution in [3.63, 3.8) is 0 Å². The average molecular weight is 299 g/mol. The zero-order valence-electron chi connectivity index (χ0n) is 11.4. The fourth-order valence-electron chi connectivity index (χ4n) is 2.24. The Labute approximate surface area is 128 Å². The van der Waals surface area contributed by atoms with E-state index in [-0.39, 0.29) is 0 Å². The van der Waals surface area contributed by atoms with E-state index in [2.05, 4.69) is 5.10 Å². The summed E-state index contributed by atoms with van der Waals surface area (Å²) in [6, 6.07) is 17.3. The van der Waals surface area contributed by atoms with Crippen molar-refractivity contribution < 1.29 is 5.11 Å². The van der Waals surface area contributed by atoms with E-state index in [4.69, 9.17) is 11.6 Å². The van der Waals surface area contributed by atoms with Crippen LogP contribution in [-0.4, -0.2) is 14.9 Å². The molecule has 1 aromatic heterocycles. The Morgan fingerprint density at radius 2 is 1.86 bits per heavy atom. The van der Waals surface area contributed by atoms with Gasteiger partial charge in [-0.3, -0.25) is 4.68 Å². The van der Waals surface area contributed by atoms with Crippen molar-refractivity contribution in [2.24, 2.45) is 0 Å². The molecule has 106 valence electrons. The Kier molecular flexibility index (Phi) is 4.04. The number of hydrogen-bond donors (Lipinski definition) is 1. The number of aliphatic hydroxyl groups is 1. The first-order chi connectivity index (χ1) is 10.2. The molecule has 0 fully saturated rings. The van der Waals surface area contributed by atoms with Crippen LogP contribution < -0.4 is 0 Å². The van der Waals surface area contributed by atoms with E-state index in [0.717, 1.165) is 16.7 Å². The number of aromatic nitrogens is 2. The molecular weight excluding hydrogens is 284 g/mol. The molecule has 1 heterocycles. The summed E-state index contributed by atoms with van der Waals surface area (Å²) in [7, 11) is 0. The van der Waals surface area contributed by atoms with Crippen LogP contribution in [0.1, 0.15) is 11.7 Å². The summed E-state index contributed by atoms with van der Waals surface area (Å²) in [6.45, 7) is 0.396. The molecule has 3 nitrogen and oxygen atoms in total. The molecule has 1 atom stereocenters. The largest absolute Gasteiger partial charge is 0.386 e. The molecule has 21 heavy (non-hydrogen) atoms. The lowest BCUT2D eigenvalue weighted by Crippen LogP contribution is -2.08. The summed E-state index contributed by atoms with van der Waals surface area (Å²) in [5.41, 5.74) is 2.94. The van der Waals surface area contributed by atoms with Crippen LogP contribution >= 0.6 is 11.6 Å². The Balaban J connectivity index is 1.75. The first kappa shape index (κ1) is 13.9. The molecule has 0 aliphatic heterocycles. The molecule has 0 aliphatic rings. The van der Waals surface area contributed by atoms with Gasteiger partial charge in [0.25, 0.3) is 0 Å². The minimum absolute atomic E-state index is 0.396. The third-order valence-electron chi connectivity index (χ3n) is 3.33. The maximum atomic E-state index is 10.3. The highest BCUT2D eigenvalue weighted by Crippen LogP contribution is 2.21. The maximum Gasteiger partial charge on any atom is 0.0986 e. The van der Waals surface area contributed by atoms with Crippen molar-refractivity contribution in [3.05, 3.63) is 77.6 Å². The van der Waals surface area contributed by atoms with E-state index >= 15 is 0 Å².